The number of alkyl halides is 1. The molecular weight excluding hydrogens is 376 g/mol. The highest BCUT2D eigenvalue weighted by atomic mass is 79.9. The second-order valence-corrected chi connectivity index (χ2v) is 7.83. The maximum atomic E-state index is 5.93. The first-order valence-electron chi connectivity index (χ1n) is 10.1. The summed E-state index contributed by atoms with van der Waals surface area (Å²) in [5.74, 6) is 1.02. The summed E-state index contributed by atoms with van der Waals surface area (Å²) >= 11 is 3.48. The van der Waals surface area contributed by atoms with Gasteiger partial charge in [-0.15, -0.1) is 0 Å². The summed E-state index contributed by atoms with van der Waals surface area (Å²) in [5, 5.41) is 4.65. The highest BCUT2D eigenvalue weighted by molar-refractivity contribution is 9.09. The Morgan fingerprint density at radius 3 is 2.60 bits per heavy atom. The van der Waals surface area contributed by atoms with Crippen LogP contribution in [0, 0.1) is 0 Å². The van der Waals surface area contributed by atoms with E-state index < -0.39 is 0 Å². The fourth-order valence-corrected chi connectivity index (χ4v) is 3.72. The topological polar surface area (TPSA) is 24.5 Å². The monoisotopic (exact) mass is 410 g/mol. The molecule has 1 aromatic rings. The van der Waals surface area contributed by atoms with Gasteiger partial charge in [0.1, 0.15) is 5.75 Å². The van der Waals surface area contributed by atoms with Gasteiger partial charge in [-0.2, -0.15) is 0 Å². The van der Waals surface area contributed by atoms with Gasteiger partial charge < -0.3 is 10.1 Å². The SMILES string of the molecule is BrCCCCCCNCCCOc1cccc(CN2CCCCC2)c1. The van der Waals surface area contributed by atoms with Crippen LogP contribution >= 0.6 is 15.9 Å². The minimum atomic E-state index is 0.795. The Balaban J connectivity index is 1.53. The van der Waals surface area contributed by atoms with Crippen molar-refractivity contribution in [1.82, 2.24) is 10.2 Å². The highest BCUT2D eigenvalue weighted by Gasteiger charge is 2.10. The molecule has 0 radical (unpaired) electrons. The average molecular weight is 411 g/mol. The third kappa shape index (κ3) is 9.62. The van der Waals surface area contributed by atoms with Crippen molar-refractivity contribution < 1.29 is 4.74 Å². The fraction of sp³-hybridized carbons (Fsp3) is 0.714. The van der Waals surface area contributed by atoms with E-state index in [4.69, 9.17) is 4.74 Å². The predicted octanol–water partition coefficient (Wildman–Crippen LogP) is 4.99. The van der Waals surface area contributed by atoms with Crippen molar-refractivity contribution in [3.63, 3.8) is 0 Å². The lowest BCUT2D eigenvalue weighted by Gasteiger charge is -2.26. The number of unbranched alkanes of at least 4 members (excludes halogenated alkanes) is 3. The molecule has 0 saturated carbocycles. The number of hydrogen-bond acceptors (Lipinski definition) is 3. The largest absolute Gasteiger partial charge is 0.494 e. The summed E-state index contributed by atoms with van der Waals surface area (Å²) in [5.41, 5.74) is 1.38. The lowest BCUT2D eigenvalue weighted by atomic mass is 10.1. The van der Waals surface area contributed by atoms with Crippen LogP contribution in [0.4, 0.5) is 0 Å². The summed E-state index contributed by atoms with van der Waals surface area (Å²) in [6, 6.07) is 8.64. The number of halogens is 1. The minimum Gasteiger partial charge on any atom is -0.494 e. The van der Waals surface area contributed by atoms with Gasteiger partial charge >= 0.3 is 0 Å². The van der Waals surface area contributed by atoms with Crippen molar-refractivity contribution >= 4 is 15.9 Å². The maximum Gasteiger partial charge on any atom is 0.119 e. The Hall–Kier alpha value is -0.580. The van der Waals surface area contributed by atoms with Crippen LogP contribution < -0.4 is 10.1 Å². The van der Waals surface area contributed by atoms with Gasteiger partial charge in [-0.25, -0.2) is 0 Å². The third-order valence-corrected chi connectivity index (χ3v) is 5.32. The van der Waals surface area contributed by atoms with Crippen LogP contribution in [0.15, 0.2) is 24.3 Å². The first-order chi connectivity index (χ1) is 12.4. The Bertz CT molecular complexity index is 449. The van der Waals surface area contributed by atoms with Crippen LogP contribution in [0.5, 0.6) is 5.75 Å². The van der Waals surface area contributed by atoms with Crippen LogP contribution in [0.2, 0.25) is 0 Å². The van der Waals surface area contributed by atoms with E-state index in [1.54, 1.807) is 0 Å². The molecule has 1 fully saturated rings. The molecule has 1 N–H and O–H groups in total. The summed E-state index contributed by atoms with van der Waals surface area (Å²) in [7, 11) is 0. The van der Waals surface area contributed by atoms with E-state index in [-0.39, 0.29) is 0 Å². The molecule has 1 aliphatic heterocycles. The van der Waals surface area contributed by atoms with Gasteiger partial charge in [0, 0.05) is 11.9 Å². The Labute approximate surface area is 162 Å². The lowest BCUT2D eigenvalue weighted by Crippen LogP contribution is -2.29. The zero-order valence-electron chi connectivity index (χ0n) is 15.6. The molecule has 0 spiro atoms. The molecule has 4 heteroatoms. The van der Waals surface area contributed by atoms with Crippen molar-refractivity contribution in [2.75, 3.05) is 38.1 Å². The van der Waals surface area contributed by atoms with Crippen molar-refractivity contribution in [1.29, 1.82) is 0 Å². The zero-order valence-corrected chi connectivity index (χ0v) is 17.2. The molecule has 0 atom stereocenters. The van der Waals surface area contributed by atoms with Gasteiger partial charge in [0.15, 0.2) is 0 Å². The van der Waals surface area contributed by atoms with Crippen LogP contribution in [0.3, 0.4) is 0 Å². The highest BCUT2D eigenvalue weighted by Crippen LogP contribution is 2.17. The van der Waals surface area contributed by atoms with Crippen LogP contribution in [-0.2, 0) is 6.54 Å². The number of nitrogens with zero attached hydrogens (tertiary/aromatic N) is 1. The minimum absolute atomic E-state index is 0.795. The normalized spacial score (nSPS) is 15.4. The number of benzene rings is 1. The van der Waals surface area contributed by atoms with Crippen molar-refractivity contribution in [3.05, 3.63) is 29.8 Å². The molecule has 1 aliphatic rings. The molecule has 0 bridgehead atoms. The smallest absolute Gasteiger partial charge is 0.119 e. The van der Waals surface area contributed by atoms with Gasteiger partial charge in [0.05, 0.1) is 6.61 Å². The summed E-state index contributed by atoms with van der Waals surface area (Å²) in [6.07, 6.45) is 10.4. The van der Waals surface area contributed by atoms with Crippen LogP contribution in [0.1, 0.15) is 56.9 Å². The van der Waals surface area contributed by atoms with E-state index in [0.717, 1.165) is 43.7 Å². The van der Waals surface area contributed by atoms with Gasteiger partial charge in [0.2, 0.25) is 0 Å². The lowest BCUT2D eigenvalue weighted by molar-refractivity contribution is 0.220. The second kappa shape index (κ2) is 13.6. The molecule has 0 amide bonds. The molecule has 142 valence electrons. The zero-order chi connectivity index (χ0) is 17.6. The first-order valence-corrected chi connectivity index (χ1v) is 11.2. The number of likely N-dealkylation sites (tertiary alicyclic amines) is 1. The molecule has 0 aromatic heterocycles. The standard InChI is InChI=1S/C21H35BrN2O/c22-12-4-1-2-5-13-23-14-9-17-25-21-11-8-10-20(18-21)19-24-15-6-3-7-16-24/h8,10-11,18,23H,1-7,9,12-17,19H2. The average Bonchev–Trinajstić information content (AvgIpc) is 2.64. The summed E-state index contributed by atoms with van der Waals surface area (Å²) in [4.78, 5) is 2.56. The van der Waals surface area contributed by atoms with E-state index in [0.29, 0.717) is 0 Å². The Morgan fingerprint density at radius 2 is 1.76 bits per heavy atom. The van der Waals surface area contributed by atoms with E-state index in [2.05, 4.69) is 50.4 Å². The van der Waals surface area contributed by atoms with Crippen molar-refractivity contribution in [3.8, 4) is 5.75 Å². The number of nitrogens with one attached hydrogen (secondary N) is 1. The fourth-order valence-electron chi connectivity index (χ4n) is 3.32. The molecule has 1 saturated heterocycles. The van der Waals surface area contributed by atoms with Gasteiger partial charge in [0.25, 0.3) is 0 Å². The quantitative estimate of drug-likeness (QED) is 0.366. The van der Waals surface area contributed by atoms with Gasteiger partial charge in [-0.1, -0.05) is 47.3 Å². The van der Waals surface area contributed by atoms with Crippen molar-refractivity contribution in [2.45, 2.75) is 57.9 Å². The number of ether oxygens (including phenoxy) is 1. The van der Waals surface area contributed by atoms with Crippen LogP contribution in [0.25, 0.3) is 0 Å². The number of hydrogen-bond donors (Lipinski definition) is 1. The molecule has 1 aromatic carbocycles. The van der Waals surface area contributed by atoms with Gasteiger partial charge in [-0.3, -0.25) is 4.90 Å². The van der Waals surface area contributed by atoms with Crippen LogP contribution in [-0.4, -0.2) is 43.0 Å². The van der Waals surface area contributed by atoms with Crippen molar-refractivity contribution in [2.24, 2.45) is 0 Å². The summed E-state index contributed by atoms with van der Waals surface area (Å²) in [6.45, 7) is 6.52. The molecule has 0 aliphatic carbocycles. The number of rotatable bonds is 13. The van der Waals surface area contributed by atoms with Gasteiger partial charge in [-0.05, 0) is 76.0 Å². The molecule has 1 heterocycles. The van der Waals surface area contributed by atoms with E-state index in [1.165, 1.54) is 63.6 Å². The Morgan fingerprint density at radius 1 is 0.960 bits per heavy atom. The molecule has 0 unspecified atom stereocenters. The van der Waals surface area contributed by atoms with E-state index >= 15 is 0 Å². The van der Waals surface area contributed by atoms with E-state index in [9.17, 15) is 0 Å². The maximum absolute atomic E-state index is 5.93. The summed E-state index contributed by atoms with van der Waals surface area (Å²) < 4.78 is 5.93. The molecule has 2 rings (SSSR count). The van der Waals surface area contributed by atoms with E-state index in [1.807, 2.05) is 0 Å². The third-order valence-electron chi connectivity index (χ3n) is 4.76. The predicted molar refractivity (Wildman–Crippen MR) is 111 cm³/mol. The second-order valence-electron chi connectivity index (χ2n) is 7.04. The Kier molecular flexibility index (Phi) is 11.3. The molecular formula is C21H35BrN2O. The number of piperidine rings is 1. The molecule has 25 heavy (non-hydrogen) atoms. The first kappa shape index (κ1) is 20.7. The molecule has 3 nitrogen and oxygen atoms in total.